The Morgan fingerprint density at radius 1 is 0.421 bits per heavy atom. The third-order valence-electron chi connectivity index (χ3n) is 7.36. The van der Waals surface area contributed by atoms with Crippen molar-refractivity contribution in [1.29, 1.82) is 0 Å². The molecule has 0 unspecified atom stereocenters. The molecule has 178 valence electrons. The van der Waals surface area contributed by atoms with Gasteiger partial charge in [0, 0.05) is 27.2 Å². The molecule has 0 fully saturated rings. The van der Waals surface area contributed by atoms with E-state index < -0.39 is 0 Å². The van der Waals surface area contributed by atoms with E-state index in [0.29, 0.717) is 5.95 Å². The largest absolute Gasteiger partial charge is 0.309 e. The van der Waals surface area contributed by atoms with Gasteiger partial charge in [-0.2, -0.15) is 0 Å². The molecule has 3 heterocycles. The Morgan fingerprint density at radius 2 is 1.05 bits per heavy atom. The second-order valence-electron chi connectivity index (χ2n) is 9.45. The van der Waals surface area contributed by atoms with Crippen molar-refractivity contribution in [3.05, 3.63) is 128 Å². The highest BCUT2D eigenvalue weighted by Crippen LogP contribution is 2.40. The Labute approximate surface area is 218 Å². The first-order valence-corrected chi connectivity index (χ1v) is 12.6. The highest BCUT2D eigenvalue weighted by atomic mass is 15.2. The normalized spacial score (nSPS) is 11.7. The molecule has 0 aliphatic carbocycles. The van der Waals surface area contributed by atoms with Crippen LogP contribution in [0.2, 0.25) is 0 Å². The van der Waals surface area contributed by atoms with Gasteiger partial charge in [-0.15, -0.1) is 0 Å². The Bertz CT molecular complexity index is 2110. The molecular weight excluding hydrogens is 466 g/mol. The van der Waals surface area contributed by atoms with Gasteiger partial charge in [0.05, 0.1) is 22.1 Å². The fourth-order valence-corrected chi connectivity index (χ4v) is 5.71. The predicted octanol–water partition coefficient (Wildman–Crippen LogP) is 7.73. The van der Waals surface area contributed by atoms with Crippen LogP contribution in [0.1, 0.15) is 0 Å². The molecule has 5 heteroatoms. The maximum absolute atomic E-state index is 4.54. The number of hydrogen-bond acceptors (Lipinski definition) is 3. The molecule has 8 rings (SSSR count). The average Bonchev–Trinajstić information content (AvgIpc) is 3.49. The lowest BCUT2D eigenvalue weighted by Gasteiger charge is -2.08. The van der Waals surface area contributed by atoms with Gasteiger partial charge in [0.1, 0.15) is 12.7 Å². The van der Waals surface area contributed by atoms with E-state index in [9.17, 15) is 0 Å². The van der Waals surface area contributed by atoms with Gasteiger partial charge in [-0.25, -0.2) is 15.0 Å². The van der Waals surface area contributed by atoms with Gasteiger partial charge < -0.3 is 4.57 Å². The predicted molar refractivity (Wildman–Crippen MR) is 154 cm³/mol. The molecule has 3 aromatic heterocycles. The van der Waals surface area contributed by atoms with Crippen LogP contribution >= 0.6 is 0 Å². The van der Waals surface area contributed by atoms with Crippen LogP contribution in [-0.2, 0) is 0 Å². The molecule has 0 N–H and O–H groups in total. The van der Waals surface area contributed by atoms with Crippen molar-refractivity contribution in [3.8, 4) is 22.8 Å². The minimum Gasteiger partial charge on any atom is -0.309 e. The molecule has 0 aliphatic rings. The quantitative estimate of drug-likeness (QED) is 0.256. The Balaban J connectivity index is 1.54. The fraction of sp³-hybridized carbons (Fsp3) is 0. The number of nitrogens with zero attached hydrogens (tertiary/aromatic N) is 5. The van der Waals surface area contributed by atoms with Crippen molar-refractivity contribution in [2.45, 2.75) is 0 Å². The third-order valence-corrected chi connectivity index (χ3v) is 7.36. The van der Waals surface area contributed by atoms with Crippen molar-refractivity contribution in [2.75, 3.05) is 0 Å². The first-order chi connectivity index (χ1) is 18.9. The molecule has 38 heavy (non-hydrogen) atoms. The molecule has 0 saturated carbocycles. The molecule has 0 amide bonds. The van der Waals surface area contributed by atoms with Gasteiger partial charge in [-0.1, -0.05) is 72.8 Å². The third kappa shape index (κ3) is 3.02. The van der Waals surface area contributed by atoms with Gasteiger partial charge in [-0.05, 0) is 53.6 Å². The monoisotopic (exact) mass is 487 g/mol. The summed E-state index contributed by atoms with van der Waals surface area (Å²) in [5.74, 6) is 0.606. The zero-order chi connectivity index (χ0) is 25.1. The van der Waals surface area contributed by atoms with E-state index in [4.69, 9.17) is 0 Å². The summed E-state index contributed by atoms with van der Waals surface area (Å²) in [7, 11) is 0. The van der Waals surface area contributed by atoms with Crippen LogP contribution in [0.15, 0.2) is 128 Å². The molecule has 0 atom stereocenters. The molecule has 0 saturated heterocycles. The summed E-state index contributed by atoms with van der Waals surface area (Å²) in [6.07, 6.45) is 3.11. The number of aromatic nitrogens is 5. The van der Waals surface area contributed by atoms with Crippen LogP contribution in [0.25, 0.3) is 66.4 Å². The van der Waals surface area contributed by atoms with Gasteiger partial charge in [0.15, 0.2) is 0 Å². The number of hydrogen-bond donors (Lipinski definition) is 0. The van der Waals surface area contributed by atoms with Crippen molar-refractivity contribution in [1.82, 2.24) is 24.1 Å². The van der Waals surface area contributed by atoms with Crippen LogP contribution in [0, 0.1) is 0 Å². The summed E-state index contributed by atoms with van der Waals surface area (Å²) >= 11 is 0. The maximum atomic E-state index is 4.54. The molecular formula is C33H21N5. The van der Waals surface area contributed by atoms with Gasteiger partial charge in [0.25, 0.3) is 0 Å². The number of fused-ring (bicyclic) bond motifs is 6. The van der Waals surface area contributed by atoms with Gasteiger partial charge in [0.2, 0.25) is 5.95 Å². The van der Waals surface area contributed by atoms with E-state index in [0.717, 1.165) is 22.2 Å². The molecule has 5 aromatic carbocycles. The zero-order valence-electron chi connectivity index (χ0n) is 20.4. The van der Waals surface area contributed by atoms with Crippen LogP contribution in [-0.4, -0.2) is 24.1 Å². The minimum absolute atomic E-state index is 0.606. The van der Waals surface area contributed by atoms with Crippen LogP contribution < -0.4 is 0 Å². The Kier molecular flexibility index (Phi) is 4.45. The van der Waals surface area contributed by atoms with E-state index >= 15 is 0 Å². The van der Waals surface area contributed by atoms with E-state index in [-0.39, 0.29) is 0 Å². The highest BCUT2D eigenvalue weighted by Gasteiger charge is 2.19. The second-order valence-corrected chi connectivity index (χ2v) is 9.45. The topological polar surface area (TPSA) is 48.5 Å². The molecule has 8 aromatic rings. The molecule has 0 spiro atoms. The number of benzene rings is 5. The van der Waals surface area contributed by atoms with Gasteiger partial charge in [-0.3, -0.25) is 4.57 Å². The first kappa shape index (κ1) is 20.9. The highest BCUT2D eigenvalue weighted by molar-refractivity contribution is 6.19. The summed E-state index contributed by atoms with van der Waals surface area (Å²) in [5, 5.41) is 4.78. The van der Waals surface area contributed by atoms with Crippen LogP contribution in [0.5, 0.6) is 0 Å². The summed E-state index contributed by atoms with van der Waals surface area (Å²) in [4.78, 5) is 13.1. The molecule has 0 radical (unpaired) electrons. The van der Waals surface area contributed by atoms with Crippen molar-refractivity contribution >= 4 is 43.6 Å². The summed E-state index contributed by atoms with van der Waals surface area (Å²) < 4.78 is 4.49. The first-order valence-electron chi connectivity index (χ1n) is 12.6. The fourth-order valence-electron chi connectivity index (χ4n) is 5.71. The Hall–Kier alpha value is -5.29. The minimum atomic E-state index is 0.606. The SMILES string of the molecule is c1ccc(-c2ccc3c(c2)c2cc4c5ccccc5n(-c5ccccc5)c4cc2n3-c2ncncn2)cc1. The van der Waals surface area contributed by atoms with Crippen LogP contribution in [0.3, 0.4) is 0 Å². The Morgan fingerprint density at radius 3 is 1.87 bits per heavy atom. The summed E-state index contributed by atoms with van der Waals surface area (Å²) in [5.41, 5.74) is 7.95. The maximum Gasteiger partial charge on any atom is 0.237 e. The van der Waals surface area contributed by atoms with E-state index in [2.05, 4.69) is 133 Å². The van der Waals surface area contributed by atoms with Crippen LogP contribution in [0.4, 0.5) is 0 Å². The smallest absolute Gasteiger partial charge is 0.237 e. The summed E-state index contributed by atoms with van der Waals surface area (Å²) in [6.45, 7) is 0. The summed E-state index contributed by atoms with van der Waals surface area (Å²) in [6, 6.07) is 40.9. The van der Waals surface area contributed by atoms with E-state index in [1.54, 1.807) is 12.7 Å². The lowest BCUT2D eigenvalue weighted by atomic mass is 10.0. The molecule has 5 nitrogen and oxygen atoms in total. The standard InChI is InChI=1S/C33H21N5/c1-3-9-22(10-4-1)23-15-16-30-26(17-23)28-18-27-25-13-7-8-14-29(25)37(24-11-5-2-6-12-24)31(27)19-32(28)38(30)33-35-20-34-21-36-33/h1-21H. The molecule has 0 bridgehead atoms. The van der Waals surface area contributed by atoms with E-state index in [1.165, 1.54) is 38.2 Å². The number of rotatable bonds is 3. The average molecular weight is 488 g/mol. The van der Waals surface area contributed by atoms with Gasteiger partial charge >= 0.3 is 0 Å². The van der Waals surface area contributed by atoms with Crippen molar-refractivity contribution < 1.29 is 0 Å². The van der Waals surface area contributed by atoms with Crippen molar-refractivity contribution in [2.24, 2.45) is 0 Å². The number of para-hydroxylation sites is 2. The van der Waals surface area contributed by atoms with Crippen molar-refractivity contribution in [3.63, 3.8) is 0 Å². The lowest BCUT2D eigenvalue weighted by molar-refractivity contribution is 0.940. The molecule has 0 aliphatic heterocycles. The zero-order valence-corrected chi connectivity index (χ0v) is 20.4. The second kappa shape index (κ2) is 8.11. The lowest BCUT2D eigenvalue weighted by Crippen LogP contribution is -2.01. The van der Waals surface area contributed by atoms with E-state index in [1.807, 2.05) is 6.07 Å².